The molecule has 0 saturated heterocycles. The lowest BCUT2D eigenvalue weighted by Gasteiger charge is -2.18. The van der Waals surface area contributed by atoms with Gasteiger partial charge in [-0.15, -0.1) is 11.3 Å². The van der Waals surface area contributed by atoms with Crippen LogP contribution in [0.25, 0.3) is 0 Å². The van der Waals surface area contributed by atoms with Gasteiger partial charge in [0.1, 0.15) is 4.34 Å². The molecule has 0 amide bonds. The maximum absolute atomic E-state index is 10.7. The largest absolute Gasteiger partial charge is 0.481 e. The predicted molar refractivity (Wildman–Crippen MR) is 67.5 cm³/mol. The molecule has 1 aromatic heterocycles. The van der Waals surface area contributed by atoms with Gasteiger partial charge in [-0.1, -0.05) is 30.1 Å². The second kappa shape index (κ2) is 5.87. The van der Waals surface area contributed by atoms with Crippen LogP contribution in [0.5, 0.6) is 0 Å². The lowest BCUT2D eigenvalue weighted by Crippen LogP contribution is -2.28. The van der Waals surface area contributed by atoms with Gasteiger partial charge in [-0.05, 0) is 18.0 Å². The van der Waals surface area contributed by atoms with Crippen LogP contribution in [0.1, 0.15) is 12.5 Å². The molecular weight excluding hydrogens is 269 g/mol. The van der Waals surface area contributed by atoms with E-state index in [9.17, 15) is 4.79 Å². The van der Waals surface area contributed by atoms with Gasteiger partial charge in [0.15, 0.2) is 0 Å². The van der Waals surface area contributed by atoms with Crippen molar-refractivity contribution >= 4 is 40.5 Å². The molecule has 0 aliphatic heterocycles. The summed E-state index contributed by atoms with van der Waals surface area (Å²) in [5.41, 5.74) is 0.941. The second-order valence-corrected chi connectivity index (χ2v) is 5.64. The van der Waals surface area contributed by atoms with Gasteiger partial charge in [0.2, 0.25) is 0 Å². The molecule has 0 fully saturated rings. The molecule has 1 atom stereocenters. The van der Waals surface area contributed by atoms with Gasteiger partial charge in [-0.25, -0.2) is 0 Å². The highest BCUT2D eigenvalue weighted by atomic mass is 35.5. The maximum Gasteiger partial charge on any atom is 0.307 e. The minimum absolute atomic E-state index is 0.391. The van der Waals surface area contributed by atoms with E-state index in [1.807, 2.05) is 17.3 Å². The van der Waals surface area contributed by atoms with Gasteiger partial charge in [0.25, 0.3) is 0 Å². The number of rotatable bonds is 5. The van der Waals surface area contributed by atoms with Crippen molar-refractivity contribution in [1.29, 1.82) is 0 Å². The first-order valence-electron chi connectivity index (χ1n) is 4.74. The third-order valence-corrected chi connectivity index (χ3v) is 4.12. The van der Waals surface area contributed by atoms with Crippen molar-refractivity contribution in [1.82, 2.24) is 4.90 Å². The minimum atomic E-state index is -0.790. The molecule has 1 heterocycles. The van der Waals surface area contributed by atoms with E-state index in [1.54, 1.807) is 6.92 Å². The smallest absolute Gasteiger partial charge is 0.307 e. The monoisotopic (exact) mass is 281 g/mol. The van der Waals surface area contributed by atoms with E-state index < -0.39 is 11.9 Å². The average Bonchev–Trinajstić information content (AvgIpc) is 2.49. The van der Waals surface area contributed by atoms with Gasteiger partial charge in [-0.2, -0.15) is 0 Å². The molecule has 0 aliphatic rings. The Labute approximate surface area is 109 Å². The highest BCUT2D eigenvalue weighted by molar-refractivity contribution is 7.15. The van der Waals surface area contributed by atoms with Crippen LogP contribution in [0.4, 0.5) is 0 Å². The van der Waals surface area contributed by atoms with Crippen LogP contribution in [0.2, 0.25) is 9.36 Å². The third kappa shape index (κ3) is 3.63. The zero-order valence-electron chi connectivity index (χ0n) is 9.04. The number of carboxylic acids is 1. The van der Waals surface area contributed by atoms with E-state index in [0.717, 1.165) is 5.56 Å². The highest BCUT2D eigenvalue weighted by Crippen LogP contribution is 2.32. The fourth-order valence-electron chi connectivity index (χ4n) is 1.36. The van der Waals surface area contributed by atoms with Crippen LogP contribution in [0.15, 0.2) is 5.38 Å². The maximum atomic E-state index is 10.7. The fraction of sp³-hybridized carbons (Fsp3) is 0.500. The molecule has 1 unspecified atom stereocenters. The number of carboxylic acid groups (broad SMARTS) is 1. The molecule has 6 heteroatoms. The molecule has 1 rings (SSSR count). The number of carbonyl (C=O) groups is 1. The molecular formula is C10H13Cl2NO2S. The number of nitrogens with zero attached hydrogens (tertiary/aromatic N) is 1. The summed E-state index contributed by atoms with van der Waals surface area (Å²) in [6.07, 6.45) is 0. The number of aliphatic carboxylic acids is 1. The third-order valence-electron chi connectivity index (χ3n) is 2.21. The van der Waals surface area contributed by atoms with E-state index in [0.29, 0.717) is 22.4 Å². The van der Waals surface area contributed by atoms with Crippen LogP contribution in [-0.2, 0) is 11.3 Å². The lowest BCUT2D eigenvalue weighted by atomic mass is 10.1. The number of halogens is 2. The average molecular weight is 282 g/mol. The zero-order valence-corrected chi connectivity index (χ0v) is 11.4. The molecule has 90 valence electrons. The summed E-state index contributed by atoms with van der Waals surface area (Å²) in [5.74, 6) is -1.18. The van der Waals surface area contributed by atoms with Crippen molar-refractivity contribution in [2.45, 2.75) is 13.5 Å². The molecule has 0 spiro atoms. The van der Waals surface area contributed by atoms with E-state index in [4.69, 9.17) is 28.3 Å². The summed E-state index contributed by atoms with van der Waals surface area (Å²) in [5, 5.41) is 11.3. The molecule has 16 heavy (non-hydrogen) atoms. The number of hydrogen-bond acceptors (Lipinski definition) is 3. The van der Waals surface area contributed by atoms with E-state index in [2.05, 4.69) is 0 Å². The van der Waals surface area contributed by atoms with Gasteiger partial charge >= 0.3 is 5.97 Å². The lowest BCUT2D eigenvalue weighted by molar-refractivity contribution is -0.141. The minimum Gasteiger partial charge on any atom is -0.481 e. The van der Waals surface area contributed by atoms with Gasteiger partial charge in [0, 0.05) is 13.1 Å². The van der Waals surface area contributed by atoms with Crippen LogP contribution in [0.3, 0.4) is 0 Å². The predicted octanol–water partition coefficient (Wildman–Crippen LogP) is 3.21. The van der Waals surface area contributed by atoms with Crippen molar-refractivity contribution < 1.29 is 9.90 Å². The first-order chi connectivity index (χ1) is 7.41. The topological polar surface area (TPSA) is 40.5 Å². The normalized spacial score (nSPS) is 13.1. The number of thiophene rings is 1. The van der Waals surface area contributed by atoms with E-state index in [-0.39, 0.29) is 0 Å². The van der Waals surface area contributed by atoms with Crippen molar-refractivity contribution in [3.05, 3.63) is 20.3 Å². The molecule has 0 aliphatic carbocycles. The standard InChI is InChI=1S/C10H13Cl2NO2S/c1-6(10(14)15)3-13(2)4-7-5-16-9(12)8(7)11/h5-6H,3-4H2,1-2H3,(H,14,15). The molecule has 1 aromatic rings. The first kappa shape index (κ1) is 13.8. The van der Waals surface area contributed by atoms with Gasteiger partial charge < -0.3 is 10.0 Å². The van der Waals surface area contributed by atoms with Crippen molar-refractivity contribution in [2.24, 2.45) is 5.92 Å². The Morgan fingerprint density at radius 2 is 2.25 bits per heavy atom. The van der Waals surface area contributed by atoms with Crippen LogP contribution >= 0.6 is 34.5 Å². The van der Waals surface area contributed by atoms with Gasteiger partial charge in [0.05, 0.1) is 10.9 Å². The summed E-state index contributed by atoms with van der Waals surface area (Å²) in [6, 6.07) is 0. The molecule has 0 saturated carbocycles. The Balaban J connectivity index is 2.55. The fourth-order valence-corrected chi connectivity index (χ4v) is 2.60. The molecule has 3 nitrogen and oxygen atoms in total. The summed E-state index contributed by atoms with van der Waals surface area (Å²) >= 11 is 13.2. The Kier molecular flexibility index (Phi) is 5.05. The molecule has 0 aromatic carbocycles. The quantitative estimate of drug-likeness (QED) is 0.901. The SMILES string of the molecule is CC(CN(C)Cc1csc(Cl)c1Cl)C(=O)O. The highest BCUT2D eigenvalue weighted by Gasteiger charge is 2.15. The summed E-state index contributed by atoms with van der Waals surface area (Å²) < 4.78 is 0.580. The summed E-state index contributed by atoms with van der Waals surface area (Å²) in [6.45, 7) is 2.78. The van der Waals surface area contributed by atoms with E-state index in [1.165, 1.54) is 11.3 Å². The van der Waals surface area contributed by atoms with Crippen molar-refractivity contribution in [2.75, 3.05) is 13.6 Å². The number of hydrogen-bond donors (Lipinski definition) is 1. The Bertz CT molecular complexity index is 381. The Hall–Kier alpha value is -0.290. The Morgan fingerprint density at radius 3 is 2.69 bits per heavy atom. The van der Waals surface area contributed by atoms with Crippen LogP contribution in [-0.4, -0.2) is 29.6 Å². The summed E-state index contributed by atoms with van der Waals surface area (Å²) in [7, 11) is 1.86. The second-order valence-electron chi connectivity index (χ2n) is 3.78. The molecule has 1 N–H and O–H groups in total. The van der Waals surface area contributed by atoms with Gasteiger partial charge in [-0.3, -0.25) is 4.79 Å². The zero-order chi connectivity index (χ0) is 12.3. The summed E-state index contributed by atoms with van der Waals surface area (Å²) in [4.78, 5) is 12.6. The first-order valence-corrected chi connectivity index (χ1v) is 6.38. The Morgan fingerprint density at radius 1 is 1.62 bits per heavy atom. The van der Waals surface area contributed by atoms with Crippen molar-refractivity contribution in [3.8, 4) is 0 Å². The molecule has 0 radical (unpaired) electrons. The van der Waals surface area contributed by atoms with Crippen LogP contribution < -0.4 is 0 Å². The van der Waals surface area contributed by atoms with Crippen LogP contribution in [0, 0.1) is 5.92 Å². The van der Waals surface area contributed by atoms with Crippen molar-refractivity contribution in [3.63, 3.8) is 0 Å². The van der Waals surface area contributed by atoms with E-state index >= 15 is 0 Å². The molecule has 0 bridgehead atoms.